The molecule has 2 aromatic carbocycles. The van der Waals surface area contributed by atoms with Crippen LogP contribution >= 0.6 is 0 Å². The van der Waals surface area contributed by atoms with Crippen molar-refractivity contribution in [3.63, 3.8) is 0 Å². The number of carbonyl (C=O) groups excluding carboxylic acids is 4. The maximum atomic E-state index is 14.1. The fourth-order valence-corrected chi connectivity index (χ4v) is 8.20. The van der Waals surface area contributed by atoms with Crippen LogP contribution in [0, 0.1) is 11.3 Å². The van der Waals surface area contributed by atoms with Gasteiger partial charge in [0.2, 0.25) is 5.91 Å². The molecule has 13 heteroatoms. The van der Waals surface area contributed by atoms with Gasteiger partial charge in [0.25, 0.3) is 0 Å². The molecular weight excluding hydrogens is 735 g/mol. The highest BCUT2D eigenvalue weighted by Crippen LogP contribution is 2.46. The second-order valence-corrected chi connectivity index (χ2v) is 16.8. The van der Waals surface area contributed by atoms with Gasteiger partial charge >= 0.3 is 12.1 Å². The smallest absolute Gasteiger partial charge is 0.408 e. The number of aryl methyl sites for hydroxylation is 3. The number of fused-ring (bicyclic) bond motifs is 4. The van der Waals surface area contributed by atoms with Gasteiger partial charge in [-0.05, 0) is 106 Å². The van der Waals surface area contributed by atoms with E-state index in [0.717, 1.165) is 56.5 Å². The van der Waals surface area contributed by atoms with Crippen molar-refractivity contribution >= 4 is 46.2 Å². The summed E-state index contributed by atoms with van der Waals surface area (Å²) in [5.74, 6) is -0.0223. The third kappa shape index (κ3) is 8.81. The molecule has 6 rings (SSSR count). The number of aromatic amines is 1. The average Bonchev–Trinajstić information content (AvgIpc) is 3.59. The van der Waals surface area contributed by atoms with Crippen LogP contribution in [-0.4, -0.2) is 83.6 Å². The number of nitrogen functional groups attached to an aromatic ring is 1. The molecule has 2 aromatic heterocycles. The molecule has 0 radical (unpaired) electrons. The quantitative estimate of drug-likeness (QED) is 0.134. The molecule has 58 heavy (non-hydrogen) atoms. The van der Waals surface area contributed by atoms with Crippen LogP contribution in [0.5, 0.6) is 0 Å². The number of rotatable bonds is 12. The predicted octanol–water partition coefficient (Wildman–Crippen LogP) is 6.51. The van der Waals surface area contributed by atoms with Gasteiger partial charge in [0.1, 0.15) is 17.5 Å². The third-order valence-corrected chi connectivity index (χ3v) is 11.3. The number of carbonyl (C=O) groups is 4. The Labute approximate surface area is 340 Å². The van der Waals surface area contributed by atoms with Gasteiger partial charge in [-0.1, -0.05) is 32.9 Å². The number of alkyl carbamates (subject to hydrolysis) is 1. The molecule has 3 heterocycles. The van der Waals surface area contributed by atoms with E-state index in [2.05, 4.69) is 59.2 Å². The van der Waals surface area contributed by atoms with E-state index in [1.807, 2.05) is 17.0 Å². The van der Waals surface area contributed by atoms with Crippen molar-refractivity contribution in [2.45, 2.75) is 104 Å². The maximum Gasteiger partial charge on any atom is 0.408 e. The molecule has 0 bridgehead atoms. The van der Waals surface area contributed by atoms with Gasteiger partial charge in [-0.3, -0.25) is 9.59 Å². The van der Waals surface area contributed by atoms with Crippen molar-refractivity contribution in [1.82, 2.24) is 20.2 Å². The molecule has 1 aliphatic heterocycles. The minimum atomic E-state index is -0.856. The number of amides is 2. The van der Waals surface area contributed by atoms with Gasteiger partial charge in [-0.25, -0.2) is 14.6 Å². The summed E-state index contributed by atoms with van der Waals surface area (Å²) < 4.78 is 10.2. The van der Waals surface area contributed by atoms with E-state index in [1.165, 1.54) is 7.11 Å². The summed E-state index contributed by atoms with van der Waals surface area (Å²) in [5.41, 5.74) is 13.6. The number of anilines is 2. The number of hydrogen-bond donors (Lipinski definition) is 3. The highest BCUT2D eigenvalue weighted by molar-refractivity contribution is 6.20. The lowest BCUT2D eigenvalue weighted by molar-refractivity contribution is -0.143. The lowest BCUT2D eigenvalue weighted by Gasteiger charge is -2.39. The number of nitrogens with one attached hydrogen (secondary N) is 2. The van der Waals surface area contributed by atoms with Crippen molar-refractivity contribution in [2.24, 2.45) is 0 Å². The number of hydrogen-bond acceptors (Lipinski definition) is 10. The number of ketones is 1. The van der Waals surface area contributed by atoms with Crippen LogP contribution < -0.4 is 16.0 Å². The number of esters is 1. The molecule has 306 valence electrons. The largest absolute Gasteiger partial charge is 0.467 e. The Kier molecular flexibility index (Phi) is 12.2. The van der Waals surface area contributed by atoms with Crippen LogP contribution in [-0.2, 0) is 43.7 Å². The normalized spacial score (nSPS) is 15.3. The van der Waals surface area contributed by atoms with Crippen LogP contribution in [0.15, 0.2) is 42.6 Å². The van der Waals surface area contributed by atoms with Gasteiger partial charge < -0.3 is 35.3 Å². The summed E-state index contributed by atoms with van der Waals surface area (Å²) in [4.78, 5) is 64.3. The van der Waals surface area contributed by atoms with E-state index in [4.69, 9.17) is 15.2 Å². The highest BCUT2D eigenvalue weighted by Gasteiger charge is 2.41. The van der Waals surface area contributed by atoms with E-state index in [1.54, 1.807) is 39.1 Å². The Morgan fingerprint density at radius 1 is 1.05 bits per heavy atom. The number of benzene rings is 2. The van der Waals surface area contributed by atoms with Gasteiger partial charge in [0.15, 0.2) is 5.78 Å². The molecular formula is C45H55N7O6. The Morgan fingerprint density at radius 2 is 1.79 bits per heavy atom. The monoisotopic (exact) mass is 789 g/mol. The topological polar surface area (TPSA) is 184 Å². The zero-order valence-corrected chi connectivity index (χ0v) is 34.7. The summed E-state index contributed by atoms with van der Waals surface area (Å²) in [6.45, 7) is 14.2. The Hall–Kier alpha value is -5.90. The number of methoxy groups -OCH3 is 1. The molecule has 2 aliphatic rings. The lowest BCUT2D eigenvalue weighted by atomic mass is 9.70. The molecule has 0 saturated carbocycles. The molecule has 0 spiro atoms. The van der Waals surface area contributed by atoms with Gasteiger partial charge in [0.05, 0.1) is 24.3 Å². The van der Waals surface area contributed by atoms with Gasteiger partial charge in [0, 0.05) is 72.1 Å². The van der Waals surface area contributed by atoms with Crippen molar-refractivity contribution in [3.8, 4) is 6.07 Å². The van der Waals surface area contributed by atoms with Crippen molar-refractivity contribution in [3.05, 3.63) is 87.2 Å². The fraction of sp³-hybridized carbons (Fsp3) is 0.467. The zero-order valence-electron chi connectivity index (χ0n) is 34.7. The Bertz CT molecular complexity index is 2270. The molecule has 4 N–H and O–H groups in total. The number of H-pyrrole nitrogens is 1. The number of aromatic nitrogens is 2. The highest BCUT2D eigenvalue weighted by atomic mass is 16.6. The Morgan fingerprint density at radius 3 is 2.47 bits per heavy atom. The first-order chi connectivity index (χ1) is 27.5. The van der Waals surface area contributed by atoms with Crippen LogP contribution in [0.25, 0.3) is 10.9 Å². The van der Waals surface area contributed by atoms with Crippen LogP contribution in [0.2, 0.25) is 0 Å². The number of piperazine rings is 1. The average molecular weight is 790 g/mol. The van der Waals surface area contributed by atoms with E-state index >= 15 is 0 Å². The molecule has 0 unspecified atom stereocenters. The van der Waals surface area contributed by atoms with Crippen LogP contribution in [0.4, 0.5) is 16.3 Å². The maximum absolute atomic E-state index is 14.1. The number of pyridine rings is 1. The predicted molar refractivity (Wildman–Crippen MR) is 223 cm³/mol. The zero-order chi connectivity index (χ0) is 41.9. The summed E-state index contributed by atoms with van der Waals surface area (Å²) in [7, 11) is 1.28. The first kappa shape index (κ1) is 41.7. The van der Waals surface area contributed by atoms with Crippen molar-refractivity contribution in [1.29, 1.82) is 5.26 Å². The summed E-state index contributed by atoms with van der Waals surface area (Å²) in [6, 6.07) is 13.0. The van der Waals surface area contributed by atoms with Crippen LogP contribution in [0.3, 0.4) is 0 Å². The second-order valence-electron chi connectivity index (χ2n) is 16.8. The van der Waals surface area contributed by atoms with E-state index in [-0.39, 0.29) is 11.7 Å². The molecule has 2 amide bonds. The number of nitrogens with zero attached hydrogens (tertiary/aromatic N) is 4. The van der Waals surface area contributed by atoms with Crippen molar-refractivity contribution in [2.75, 3.05) is 43.9 Å². The fourth-order valence-electron chi connectivity index (χ4n) is 8.20. The van der Waals surface area contributed by atoms with Crippen LogP contribution in [0.1, 0.15) is 117 Å². The molecule has 1 fully saturated rings. The SMILES string of the molecule is CCc1cc2c(cc1N1CCN(C(=O)CCCc3cnc(N)c(CCC[C@H](NC(=O)OC(C)(C)C)C(=O)OC)c3)CC1)C(C)(C)c1[nH]c3cc(C#N)ccc3c1C2=O. The second kappa shape index (κ2) is 16.9. The minimum absolute atomic E-state index is 0.00129. The molecule has 1 atom stereocenters. The minimum Gasteiger partial charge on any atom is -0.467 e. The van der Waals surface area contributed by atoms with E-state index < -0.39 is 29.1 Å². The first-order valence-electron chi connectivity index (χ1n) is 20.2. The lowest BCUT2D eigenvalue weighted by Crippen LogP contribution is -2.49. The molecule has 4 aromatic rings. The molecule has 13 nitrogen and oxygen atoms in total. The standard InChI is InChI=1S/C45H55N7O6/c1-8-29-23-32-33(45(5,6)40-38(39(32)54)31-16-15-27(25-46)22-35(31)49-40)24-36(29)51-17-19-52(20-18-51)37(53)14-9-11-28-21-30(41(47)48-26-28)12-10-13-34(42(55)57-7)50-43(56)58-44(2,3)4/h15-16,21-24,26,34,49H,8-14,17-20H2,1-7H3,(H2,47,48)(H,50,56)/t34-/m0/s1. The summed E-state index contributed by atoms with van der Waals surface area (Å²) in [5, 5.41) is 12.9. The summed E-state index contributed by atoms with van der Waals surface area (Å²) in [6.07, 6.45) is 4.99. The molecule has 1 aliphatic carbocycles. The first-order valence-corrected chi connectivity index (χ1v) is 20.2. The van der Waals surface area contributed by atoms with E-state index in [0.29, 0.717) is 81.6 Å². The van der Waals surface area contributed by atoms with Gasteiger partial charge in [-0.15, -0.1) is 0 Å². The van der Waals surface area contributed by atoms with Crippen molar-refractivity contribution < 1.29 is 28.7 Å². The molecule has 1 saturated heterocycles. The van der Waals surface area contributed by atoms with E-state index in [9.17, 15) is 24.4 Å². The number of ether oxygens (including phenoxy) is 2. The Balaban J connectivity index is 1.03. The van der Waals surface area contributed by atoms with Gasteiger partial charge in [-0.2, -0.15) is 5.26 Å². The third-order valence-electron chi connectivity index (χ3n) is 11.3. The number of nitrogens with two attached hydrogens (primary N) is 1. The number of nitriles is 1. The summed E-state index contributed by atoms with van der Waals surface area (Å²) >= 11 is 0.